The second-order valence-corrected chi connectivity index (χ2v) is 2.04. The monoisotopic (exact) mass is 138 g/mol. The highest BCUT2D eigenvalue weighted by atomic mass is 16.3. The van der Waals surface area contributed by atoms with E-state index in [0.717, 1.165) is 12.1 Å². The summed E-state index contributed by atoms with van der Waals surface area (Å²) >= 11 is 0. The van der Waals surface area contributed by atoms with Gasteiger partial charge in [0.05, 0.1) is 12.3 Å². The summed E-state index contributed by atoms with van der Waals surface area (Å²) in [6.45, 7) is 3.57. The Kier molecular flexibility index (Phi) is 2.23. The van der Waals surface area contributed by atoms with Gasteiger partial charge in [-0.15, -0.1) is 6.58 Å². The lowest BCUT2D eigenvalue weighted by atomic mass is 10.3. The normalized spacial score (nSPS) is 9.70. The van der Waals surface area contributed by atoms with Gasteiger partial charge >= 0.3 is 0 Å². The summed E-state index contributed by atoms with van der Waals surface area (Å²) in [6.07, 6.45) is 2.56. The standard InChI is InChI=1S/C7H10N2O/c1-2-3-6-4-7(5-10)9-8-6/h2,4,10H,1,3,5H2,(H,8,9). The molecule has 3 heteroatoms. The maximum atomic E-state index is 8.61. The molecule has 0 aromatic carbocycles. The molecule has 54 valence electrons. The van der Waals surface area contributed by atoms with Crippen LogP contribution in [0.4, 0.5) is 0 Å². The molecule has 0 saturated carbocycles. The first kappa shape index (κ1) is 7.02. The summed E-state index contributed by atoms with van der Waals surface area (Å²) in [5, 5.41) is 15.2. The molecule has 1 aromatic rings. The highest BCUT2D eigenvalue weighted by Crippen LogP contribution is 1.99. The smallest absolute Gasteiger partial charge is 0.0879 e. The maximum Gasteiger partial charge on any atom is 0.0879 e. The molecule has 1 aromatic heterocycles. The van der Waals surface area contributed by atoms with Gasteiger partial charge in [-0.2, -0.15) is 5.10 Å². The number of aromatic nitrogens is 2. The predicted octanol–water partition coefficient (Wildman–Crippen LogP) is 0.630. The van der Waals surface area contributed by atoms with E-state index in [1.165, 1.54) is 0 Å². The van der Waals surface area contributed by atoms with E-state index in [4.69, 9.17) is 5.11 Å². The number of nitrogens with one attached hydrogen (secondary N) is 1. The first-order chi connectivity index (χ1) is 4.86. The third-order valence-electron chi connectivity index (χ3n) is 1.21. The Morgan fingerprint density at radius 1 is 1.80 bits per heavy atom. The highest BCUT2D eigenvalue weighted by Gasteiger charge is 1.95. The molecule has 0 radical (unpaired) electrons. The summed E-state index contributed by atoms with van der Waals surface area (Å²) in [6, 6.07) is 1.82. The lowest BCUT2D eigenvalue weighted by Gasteiger charge is -1.82. The van der Waals surface area contributed by atoms with Crippen molar-refractivity contribution < 1.29 is 5.11 Å². The molecule has 0 atom stereocenters. The molecule has 0 fully saturated rings. The summed E-state index contributed by atoms with van der Waals surface area (Å²) in [4.78, 5) is 0. The van der Waals surface area contributed by atoms with Gasteiger partial charge < -0.3 is 5.11 Å². The lowest BCUT2D eigenvalue weighted by Crippen LogP contribution is -1.79. The molecule has 0 spiro atoms. The number of allylic oxidation sites excluding steroid dienone is 1. The van der Waals surface area contributed by atoms with Crippen LogP contribution >= 0.6 is 0 Å². The van der Waals surface area contributed by atoms with Crippen molar-refractivity contribution in [3.05, 3.63) is 30.1 Å². The van der Waals surface area contributed by atoms with Gasteiger partial charge in [0.1, 0.15) is 0 Å². The minimum Gasteiger partial charge on any atom is -0.390 e. The van der Waals surface area contributed by atoms with Crippen LogP contribution in [0.2, 0.25) is 0 Å². The molecule has 0 aliphatic carbocycles. The zero-order valence-electron chi connectivity index (χ0n) is 5.67. The van der Waals surface area contributed by atoms with Crippen molar-refractivity contribution in [3.8, 4) is 0 Å². The van der Waals surface area contributed by atoms with Crippen molar-refractivity contribution >= 4 is 0 Å². The van der Waals surface area contributed by atoms with Crippen molar-refractivity contribution in [1.29, 1.82) is 0 Å². The molecule has 0 amide bonds. The SMILES string of the molecule is C=CCc1cc(CO)n[nH]1. The number of hydrogen-bond acceptors (Lipinski definition) is 2. The molecule has 1 rings (SSSR count). The molecule has 1 heterocycles. The number of H-pyrrole nitrogens is 1. The zero-order chi connectivity index (χ0) is 7.40. The zero-order valence-corrected chi connectivity index (χ0v) is 5.67. The van der Waals surface area contributed by atoms with Crippen LogP contribution in [0.5, 0.6) is 0 Å². The predicted molar refractivity (Wildman–Crippen MR) is 38.4 cm³/mol. The first-order valence-corrected chi connectivity index (χ1v) is 3.11. The van der Waals surface area contributed by atoms with E-state index in [0.29, 0.717) is 5.69 Å². The Hall–Kier alpha value is -1.09. The van der Waals surface area contributed by atoms with Crippen molar-refractivity contribution in [2.75, 3.05) is 0 Å². The van der Waals surface area contributed by atoms with Crippen molar-refractivity contribution in [2.24, 2.45) is 0 Å². The Morgan fingerprint density at radius 2 is 2.60 bits per heavy atom. The Labute approximate surface area is 59.4 Å². The molecule has 0 aliphatic rings. The van der Waals surface area contributed by atoms with E-state index in [2.05, 4.69) is 16.8 Å². The van der Waals surface area contributed by atoms with Crippen LogP contribution < -0.4 is 0 Å². The van der Waals surface area contributed by atoms with Gasteiger partial charge in [-0.25, -0.2) is 0 Å². The lowest BCUT2D eigenvalue weighted by molar-refractivity contribution is 0.276. The van der Waals surface area contributed by atoms with Crippen molar-refractivity contribution in [2.45, 2.75) is 13.0 Å². The van der Waals surface area contributed by atoms with Crippen LogP contribution in [-0.2, 0) is 13.0 Å². The number of nitrogens with zero attached hydrogens (tertiary/aromatic N) is 1. The van der Waals surface area contributed by atoms with Gasteiger partial charge in [-0.05, 0) is 6.07 Å². The minimum atomic E-state index is -0.00631. The summed E-state index contributed by atoms with van der Waals surface area (Å²) in [5.41, 5.74) is 1.66. The highest BCUT2D eigenvalue weighted by molar-refractivity contribution is 5.09. The van der Waals surface area contributed by atoms with E-state index in [1.54, 1.807) is 6.08 Å². The van der Waals surface area contributed by atoms with Gasteiger partial charge in [0, 0.05) is 12.1 Å². The fraction of sp³-hybridized carbons (Fsp3) is 0.286. The van der Waals surface area contributed by atoms with Crippen LogP contribution in [-0.4, -0.2) is 15.3 Å². The summed E-state index contributed by atoms with van der Waals surface area (Å²) < 4.78 is 0. The average Bonchev–Trinajstić information content (AvgIpc) is 2.37. The van der Waals surface area contributed by atoms with Crippen LogP contribution in [0.15, 0.2) is 18.7 Å². The van der Waals surface area contributed by atoms with Crippen LogP contribution in [0, 0.1) is 0 Å². The van der Waals surface area contributed by atoms with E-state index < -0.39 is 0 Å². The molecule has 2 N–H and O–H groups in total. The summed E-state index contributed by atoms with van der Waals surface area (Å²) in [7, 11) is 0. The minimum absolute atomic E-state index is 0.00631. The van der Waals surface area contributed by atoms with Gasteiger partial charge in [-0.3, -0.25) is 5.10 Å². The average molecular weight is 138 g/mol. The number of hydrogen-bond donors (Lipinski definition) is 2. The van der Waals surface area contributed by atoms with Gasteiger partial charge in [0.25, 0.3) is 0 Å². The van der Waals surface area contributed by atoms with Crippen molar-refractivity contribution in [1.82, 2.24) is 10.2 Å². The molecular weight excluding hydrogens is 128 g/mol. The Morgan fingerprint density at radius 3 is 3.10 bits per heavy atom. The van der Waals surface area contributed by atoms with Gasteiger partial charge in [0.2, 0.25) is 0 Å². The topological polar surface area (TPSA) is 48.9 Å². The molecule has 0 saturated heterocycles. The van der Waals surface area contributed by atoms with E-state index in [1.807, 2.05) is 6.07 Å². The number of rotatable bonds is 3. The molecule has 0 aliphatic heterocycles. The van der Waals surface area contributed by atoms with E-state index in [9.17, 15) is 0 Å². The molecule has 0 unspecified atom stereocenters. The maximum absolute atomic E-state index is 8.61. The van der Waals surface area contributed by atoms with Crippen LogP contribution in [0.25, 0.3) is 0 Å². The summed E-state index contributed by atoms with van der Waals surface area (Å²) in [5.74, 6) is 0. The van der Waals surface area contributed by atoms with Crippen LogP contribution in [0.3, 0.4) is 0 Å². The van der Waals surface area contributed by atoms with Crippen LogP contribution in [0.1, 0.15) is 11.4 Å². The third-order valence-corrected chi connectivity index (χ3v) is 1.21. The van der Waals surface area contributed by atoms with Gasteiger partial charge in [0.15, 0.2) is 0 Å². The fourth-order valence-corrected chi connectivity index (χ4v) is 0.750. The molecular formula is C7H10N2O. The van der Waals surface area contributed by atoms with E-state index >= 15 is 0 Å². The number of aliphatic hydroxyl groups is 1. The molecule has 10 heavy (non-hydrogen) atoms. The number of aromatic amines is 1. The van der Waals surface area contributed by atoms with Gasteiger partial charge in [-0.1, -0.05) is 6.08 Å². The number of aliphatic hydroxyl groups excluding tert-OH is 1. The Balaban J connectivity index is 2.67. The second kappa shape index (κ2) is 3.17. The molecule has 0 bridgehead atoms. The van der Waals surface area contributed by atoms with Crippen molar-refractivity contribution in [3.63, 3.8) is 0 Å². The second-order valence-electron chi connectivity index (χ2n) is 2.04. The van der Waals surface area contributed by atoms with E-state index in [-0.39, 0.29) is 6.61 Å². The largest absolute Gasteiger partial charge is 0.390 e. The fourth-order valence-electron chi connectivity index (χ4n) is 0.750. The quantitative estimate of drug-likeness (QED) is 0.602. The third kappa shape index (κ3) is 1.45. The molecule has 3 nitrogen and oxygen atoms in total. The first-order valence-electron chi connectivity index (χ1n) is 3.11. The Bertz CT molecular complexity index is 217.